The Morgan fingerprint density at radius 1 is 1.00 bits per heavy atom. The highest BCUT2D eigenvalue weighted by Crippen LogP contribution is 2.32. The van der Waals surface area contributed by atoms with Crippen molar-refractivity contribution in [3.63, 3.8) is 0 Å². The summed E-state index contributed by atoms with van der Waals surface area (Å²) in [5.74, 6) is 0.0618. The molecule has 7 heteroatoms. The van der Waals surface area contributed by atoms with Crippen molar-refractivity contribution in [2.24, 2.45) is 0 Å². The van der Waals surface area contributed by atoms with Gasteiger partial charge in [0.25, 0.3) is 11.8 Å². The van der Waals surface area contributed by atoms with Crippen LogP contribution in [-0.4, -0.2) is 39.0 Å². The molecule has 5 rings (SSSR count). The first-order valence-corrected chi connectivity index (χ1v) is 9.08. The van der Waals surface area contributed by atoms with Crippen molar-refractivity contribution in [1.82, 2.24) is 20.1 Å². The van der Waals surface area contributed by atoms with Crippen molar-refractivity contribution in [3.05, 3.63) is 77.6 Å². The summed E-state index contributed by atoms with van der Waals surface area (Å²) in [5, 5.41) is 7.23. The average molecular weight is 384 g/mol. The van der Waals surface area contributed by atoms with E-state index in [0.29, 0.717) is 22.2 Å². The van der Waals surface area contributed by atoms with Crippen LogP contribution in [0.3, 0.4) is 0 Å². The number of carbonyl (C=O) groups is 2. The number of benzene rings is 2. The van der Waals surface area contributed by atoms with Gasteiger partial charge in [0.05, 0.1) is 36.4 Å². The molecule has 0 bridgehead atoms. The standard InChI is InChI=1S/C22H16N4O3/c1-29-15-7-4-6-13(9-15)16-8-3-2-5-14(16)12-26-21(27)18-10-23-20-17(11-24-25-20)19(18)22(26)28/h2-11H,12H2,1H3,(H,23,24,25). The van der Waals surface area contributed by atoms with Crippen molar-refractivity contribution < 1.29 is 14.3 Å². The van der Waals surface area contributed by atoms with Crippen molar-refractivity contribution in [3.8, 4) is 16.9 Å². The average Bonchev–Trinajstić information content (AvgIpc) is 3.33. The van der Waals surface area contributed by atoms with E-state index in [1.54, 1.807) is 7.11 Å². The monoisotopic (exact) mass is 384 g/mol. The first-order valence-electron chi connectivity index (χ1n) is 9.08. The second-order valence-electron chi connectivity index (χ2n) is 6.76. The number of carbonyl (C=O) groups excluding carboxylic acids is 2. The summed E-state index contributed by atoms with van der Waals surface area (Å²) in [4.78, 5) is 31.5. The number of aromatic amines is 1. The molecule has 7 nitrogen and oxygen atoms in total. The lowest BCUT2D eigenvalue weighted by Gasteiger charge is -2.17. The lowest BCUT2D eigenvalue weighted by molar-refractivity contribution is 0.0643. The molecule has 2 aromatic carbocycles. The third-order valence-corrected chi connectivity index (χ3v) is 5.14. The van der Waals surface area contributed by atoms with Gasteiger partial charge in [-0.3, -0.25) is 19.6 Å². The Morgan fingerprint density at radius 2 is 1.86 bits per heavy atom. The second-order valence-corrected chi connectivity index (χ2v) is 6.76. The first-order chi connectivity index (χ1) is 14.2. The normalized spacial score (nSPS) is 13.2. The van der Waals surface area contributed by atoms with E-state index in [1.165, 1.54) is 17.3 Å². The molecule has 0 unspecified atom stereocenters. The molecule has 0 spiro atoms. The molecular weight excluding hydrogens is 368 g/mol. The molecule has 1 aliphatic rings. The molecule has 0 saturated carbocycles. The fourth-order valence-electron chi connectivity index (χ4n) is 3.71. The van der Waals surface area contributed by atoms with Crippen molar-refractivity contribution in [2.75, 3.05) is 7.11 Å². The van der Waals surface area contributed by atoms with Crippen LogP contribution in [0.25, 0.3) is 22.2 Å². The maximum Gasteiger partial charge on any atom is 0.263 e. The largest absolute Gasteiger partial charge is 0.497 e. The number of ether oxygens (including phenoxy) is 1. The zero-order valence-corrected chi connectivity index (χ0v) is 15.5. The third-order valence-electron chi connectivity index (χ3n) is 5.14. The number of hydrogen-bond acceptors (Lipinski definition) is 5. The fraction of sp³-hybridized carbons (Fsp3) is 0.0909. The number of amides is 2. The van der Waals surface area contributed by atoms with E-state index in [0.717, 1.165) is 22.4 Å². The number of aromatic nitrogens is 3. The molecule has 0 radical (unpaired) electrons. The lowest BCUT2D eigenvalue weighted by atomic mass is 9.99. The maximum absolute atomic E-state index is 13.1. The summed E-state index contributed by atoms with van der Waals surface area (Å²) in [6.45, 7) is 0.166. The smallest absolute Gasteiger partial charge is 0.263 e. The maximum atomic E-state index is 13.1. The highest BCUT2D eigenvalue weighted by Gasteiger charge is 2.38. The number of H-pyrrole nitrogens is 1. The zero-order chi connectivity index (χ0) is 20.0. The van der Waals surface area contributed by atoms with Gasteiger partial charge < -0.3 is 4.74 Å². The van der Waals surface area contributed by atoms with E-state index in [1.807, 2.05) is 48.5 Å². The minimum atomic E-state index is -0.346. The Balaban J connectivity index is 1.54. The number of nitrogens with one attached hydrogen (secondary N) is 1. The molecule has 0 atom stereocenters. The summed E-state index contributed by atoms with van der Waals surface area (Å²) in [7, 11) is 1.62. The van der Waals surface area contributed by atoms with Crippen LogP contribution in [0.1, 0.15) is 26.3 Å². The summed E-state index contributed by atoms with van der Waals surface area (Å²) < 4.78 is 5.32. The van der Waals surface area contributed by atoms with Gasteiger partial charge in [-0.15, -0.1) is 0 Å². The van der Waals surface area contributed by atoms with E-state index in [-0.39, 0.29) is 18.4 Å². The summed E-state index contributed by atoms with van der Waals surface area (Å²) >= 11 is 0. The van der Waals surface area contributed by atoms with Crippen LogP contribution in [0.2, 0.25) is 0 Å². The SMILES string of the molecule is COc1cccc(-c2ccccc2CN2C(=O)c3cnc4[nH]ncc4c3C2=O)c1. The van der Waals surface area contributed by atoms with Crippen LogP contribution in [0, 0.1) is 0 Å². The predicted molar refractivity (Wildman–Crippen MR) is 107 cm³/mol. The molecular formula is C22H16N4O3. The molecule has 3 heterocycles. The Hall–Kier alpha value is -4.00. The summed E-state index contributed by atoms with van der Waals surface area (Å²) in [6, 6.07) is 15.4. The van der Waals surface area contributed by atoms with Crippen LogP contribution in [0.5, 0.6) is 5.75 Å². The van der Waals surface area contributed by atoms with Gasteiger partial charge in [-0.05, 0) is 28.8 Å². The molecule has 4 aromatic rings. The van der Waals surface area contributed by atoms with Gasteiger partial charge >= 0.3 is 0 Å². The fourth-order valence-corrected chi connectivity index (χ4v) is 3.71. The molecule has 1 aliphatic heterocycles. The van der Waals surface area contributed by atoms with Gasteiger partial charge in [0.1, 0.15) is 5.75 Å². The molecule has 2 aromatic heterocycles. The highest BCUT2D eigenvalue weighted by molar-refractivity contribution is 6.25. The van der Waals surface area contributed by atoms with Crippen LogP contribution in [0.4, 0.5) is 0 Å². The molecule has 0 aliphatic carbocycles. The van der Waals surface area contributed by atoms with E-state index in [2.05, 4.69) is 15.2 Å². The van der Waals surface area contributed by atoms with E-state index >= 15 is 0 Å². The topological polar surface area (TPSA) is 88.2 Å². The quantitative estimate of drug-likeness (QED) is 0.545. The first kappa shape index (κ1) is 17.1. The molecule has 142 valence electrons. The molecule has 1 N–H and O–H groups in total. The van der Waals surface area contributed by atoms with Crippen molar-refractivity contribution >= 4 is 22.8 Å². The molecule has 0 fully saturated rings. The third kappa shape index (κ3) is 2.67. The second kappa shape index (κ2) is 6.56. The molecule has 29 heavy (non-hydrogen) atoms. The van der Waals surface area contributed by atoms with Gasteiger partial charge in [0, 0.05) is 6.20 Å². The Kier molecular flexibility index (Phi) is 3.87. The van der Waals surface area contributed by atoms with Crippen LogP contribution in [-0.2, 0) is 6.54 Å². The molecule has 0 saturated heterocycles. The Bertz CT molecular complexity index is 1280. The number of rotatable bonds is 4. The summed E-state index contributed by atoms with van der Waals surface area (Å²) in [6.07, 6.45) is 2.96. The minimum absolute atomic E-state index is 0.166. The molecule has 2 amide bonds. The van der Waals surface area contributed by atoms with Crippen molar-refractivity contribution in [2.45, 2.75) is 6.54 Å². The van der Waals surface area contributed by atoms with Gasteiger partial charge in [-0.2, -0.15) is 5.10 Å². The highest BCUT2D eigenvalue weighted by atomic mass is 16.5. The number of hydrogen-bond donors (Lipinski definition) is 1. The Labute approximate surface area is 165 Å². The Morgan fingerprint density at radius 3 is 2.72 bits per heavy atom. The van der Waals surface area contributed by atoms with Crippen LogP contribution >= 0.6 is 0 Å². The van der Waals surface area contributed by atoms with Gasteiger partial charge in [-0.25, -0.2) is 4.98 Å². The number of methoxy groups -OCH3 is 1. The van der Waals surface area contributed by atoms with Gasteiger partial charge in [0.15, 0.2) is 5.65 Å². The predicted octanol–water partition coefficient (Wildman–Crippen LogP) is 3.43. The van der Waals surface area contributed by atoms with Crippen LogP contribution < -0.4 is 4.74 Å². The number of fused-ring (bicyclic) bond motifs is 3. The number of imide groups is 1. The zero-order valence-electron chi connectivity index (χ0n) is 15.5. The van der Waals surface area contributed by atoms with E-state index in [9.17, 15) is 9.59 Å². The van der Waals surface area contributed by atoms with Gasteiger partial charge in [-0.1, -0.05) is 36.4 Å². The van der Waals surface area contributed by atoms with E-state index in [4.69, 9.17) is 4.74 Å². The van der Waals surface area contributed by atoms with E-state index < -0.39 is 0 Å². The number of nitrogens with zero attached hydrogens (tertiary/aromatic N) is 3. The lowest BCUT2D eigenvalue weighted by Crippen LogP contribution is -2.29. The number of pyridine rings is 1. The minimum Gasteiger partial charge on any atom is -0.497 e. The van der Waals surface area contributed by atoms with Crippen LogP contribution in [0.15, 0.2) is 60.9 Å². The van der Waals surface area contributed by atoms with Gasteiger partial charge in [0.2, 0.25) is 0 Å². The van der Waals surface area contributed by atoms with Crippen molar-refractivity contribution in [1.29, 1.82) is 0 Å². The summed E-state index contributed by atoms with van der Waals surface area (Å²) in [5.41, 5.74) is 3.91.